The Morgan fingerprint density at radius 3 is 2.05 bits per heavy atom. The zero-order valence-electron chi connectivity index (χ0n) is 22.1. The summed E-state index contributed by atoms with van der Waals surface area (Å²) in [5.41, 5.74) is 5.27. The van der Waals surface area contributed by atoms with Gasteiger partial charge in [-0.2, -0.15) is 0 Å². The predicted molar refractivity (Wildman–Crippen MR) is 147 cm³/mol. The van der Waals surface area contributed by atoms with E-state index in [-0.39, 0.29) is 25.6 Å². The van der Waals surface area contributed by atoms with Crippen LogP contribution in [-0.4, -0.2) is 47.9 Å². The molecule has 3 atom stereocenters. The van der Waals surface area contributed by atoms with Crippen LogP contribution in [0.3, 0.4) is 0 Å². The molecule has 0 fully saturated rings. The number of hydrogen-bond donors (Lipinski definition) is 3. The topological polar surface area (TPSA) is 114 Å². The molecule has 3 aromatic rings. The molecule has 3 N–H and O–H groups in total. The van der Waals surface area contributed by atoms with Crippen LogP contribution in [0.4, 0.5) is 4.79 Å². The zero-order valence-corrected chi connectivity index (χ0v) is 22.1. The number of fused-ring (bicyclic) bond motifs is 3. The molecule has 0 aliphatic heterocycles. The first-order valence-corrected chi connectivity index (χ1v) is 13.2. The highest BCUT2D eigenvalue weighted by Crippen LogP contribution is 2.44. The normalized spacial score (nSPS) is 14.4. The Kier molecular flexibility index (Phi) is 9.33. The summed E-state index contributed by atoms with van der Waals surface area (Å²) in [4.78, 5) is 37.8. The fourth-order valence-electron chi connectivity index (χ4n) is 4.87. The number of ether oxygens (including phenoxy) is 2. The summed E-state index contributed by atoms with van der Waals surface area (Å²) in [7, 11) is 0. The summed E-state index contributed by atoms with van der Waals surface area (Å²) >= 11 is 0. The standard InChI is InChI=1S/C31H34N2O6/c1-3-11-27(30(35)36)32-29(34)28(20(2)38-18-21-12-5-4-6-13-21)33-31(37)39-19-26-24-16-9-7-14-22(24)23-15-8-10-17-25(23)26/h4-10,12-17,20,26-28H,3,11,18-19H2,1-2H3,(H,32,34)(H,33,37)(H,35,36)/t20-,27-,28+/m0/s1. The Morgan fingerprint density at radius 1 is 0.872 bits per heavy atom. The van der Waals surface area contributed by atoms with Gasteiger partial charge in [0.1, 0.15) is 18.7 Å². The van der Waals surface area contributed by atoms with Gasteiger partial charge in [0.05, 0.1) is 12.7 Å². The third kappa shape index (κ3) is 6.83. The molecule has 0 saturated heterocycles. The summed E-state index contributed by atoms with van der Waals surface area (Å²) < 4.78 is 11.5. The van der Waals surface area contributed by atoms with Crippen LogP contribution in [0, 0.1) is 0 Å². The van der Waals surface area contributed by atoms with Gasteiger partial charge in [-0.15, -0.1) is 0 Å². The average Bonchev–Trinajstić information content (AvgIpc) is 3.27. The summed E-state index contributed by atoms with van der Waals surface area (Å²) in [6, 6.07) is 23.2. The first-order chi connectivity index (χ1) is 18.9. The molecule has 0 radical (unpaired) electrons. The van der Waals surface area contributed by atoms with Gasteiger partial charge < -0.3 is 25.2 Å². The molecule has 1 aliphatic carbocycles. The second kappa shape index (κ2) is 13.1. The molecule has 8 heteroatoms. The van der Waals surface area contributed by atoms with Crippen molar-refractivity contribution in [2.45, 2.75) is 57.4 Å². The van der Waals surface area contributed by atoms with Crippen molar-refractivity contribution in [1.82, 2.24) is 10.6 Å². The third-order valence-electron chi connectivity index (χ3n) is 6.92. The highest BCUT2D eigenvalue weighted by molar-refractivity contribution is 5.89. The van der Waals surface area contributed by atoms with Crippen molar-refractivity contribution < 1.29 is 29.0 Å². The number of carbonyl (C=O) groups is 3. The van der Waals surface area contributed by atoms with Crippen LogP contribution in [0.25, 0.3) is 11.1 Å². The van der Waals surface area contributed by atoms with Crippen LogP contribution in [0.15, 0.2) is 78.9 Å². The number of benzene rings is 3. The van der Waals surface area contributed by atoms with Crippen LogP contribution in [-0.2, 0) is 25.7 Å². The van der Waals surface area contributed by atoms with Gasteiger partial charge in [-0.1, -0.05) is 92.2 Å². The van der Waals surface area contributed by atoms with Gasteiger partial charge in [-0.25, -0.2) is 9.59 Å². The maximum atomic E-state index is 13.2. The highest BCUT2D eigenvalue weighted by atomic mass is 16.5. The van der Waals surface area contributed by atoms with Crippen LogP contribution < -0.4 is 10.6 Å². The average molecular weight is 531 g/mol. The largest absolute Gasteiger partial charge is 0.480 e. The monoisotopic (exact) mass is 530 g/mol. The lowest BCUT2D eigenvalue weighted by Crippen LogP contribution is -2.56. The lowest BCUT2D eigenvalue weighted by Gasteiger charge is -2.26. The number of nitrogens with one attached hydrogen (secondary N) is 2. The molecule has 39 heavy (non-hydrogen) atoms. The maximum absolute atomic E-state index is 13.2. The van der Waals surface area contributed by atoms with Crippen LogP contribution in [0.5, 0.6) is 0 Å². The molecule has 0 unspecified atom stereocenters. The lowest BCUT2D eigenvalue weighted by atomic mass is 9.98. The van der Waals surface area contributed by atoms with Gasteiger partial charge in [0, 0.05) is 5.92 Å². The second-order valence-electron chi connectivity index (χ2n) is 9.64. The molecule has 204 valence electrons. The molecule has 2 amide bonds. The van der Waals surface area contributed by atoms with Crippen molar-refractivity contribution in [2.24, 2.45) is 0 Å². The lowest BCUT2D eigenvalue weighted by molar-refractivity contribution is -0.143. The van der Waals surface area contributed by atoms with E-state index in [9.17, 15) is 19.5 Å². The number of hydrogen-bond acceptors (Lipinski definition) is 5. The number of carboxylic acids is 1. The molecule has 3 aromatic carbocycles. The van der Waals surface area contributed by atoms with E-state index in [1.165, 1.54) is 0 Å². The summed E-state index contributed by atoms with van der Waals surface area (Å²) in [5.74, 6) is -1.92. The number of rotatable bonds is 12. The van der Waals surface area contributed by atoms with Gasteiger partial charge >= 0.3 is 12.1 Å². The number of aliphatic carboxylic acids is 1. The molecule has 8 nitrogen and oxygen atoms in total. The number of carboxylic acid groups (broad SMARTS) is 1. The van der Waals surface area contributed by atoms with Gasteiger partial charge in [0.15, 0.2) is 0 Å². The number of carbonyl (C=O) groups excluding carboxylic acids is 2. The van der Waals surface area contributed by atoms with E-state index in [0.29, 0.717) is 6.42 Å². The van der Waals surface area contributed by atoms with Gasteiger partial charge in [-0.05, 0) is 41.2 Å². The van der Waals surface area contributed by atoms with Crippen molar-refractivity contribution in [3.05, 3.63) is 95.6 Å². The molecule has 0 heterocycles. The molecule has 0 bridgehead atoms. The molecule has 4 rings (SSSR count). The molecule has 0 spiro atoms. The molecular formula is C31H34N2O6. The number of alkyl carbamates (subject to hydrolysis) is 1. The fraction of sp³-hybridized carbons (Fsp3) is 0.323. The first kappa shape index (κ1) is 27.9. The highest BCUT2D eigenvalue weighted by Gasteiger charge is 2.33. The van der Waals surface area contributed by atoms with E-state index in [0.717, 1.165) is 27.8 Å². The summed E-state index contributed by atoms with van der Waals surface area (Å²) in [6.45, 7) is 3.79. The van der Waals surface area contributed by atoms with Gasteiger partial charge in [-0.3, -0.25) is 4.79 Å². The predicted octanol–water partition coefficient (Wildman–Crippen LogP) is 4.87. The van der Waals surface area contributed by atoms with Crippen molar-refractivity contribution in [1.29, 1.82) is 0 Å². The SMILES string of the molecule is CCC[C@H](NC(=O)[C@H](NC(=O)OCC1c2ccccc2-c2ccccc21)[C@H](C)OCc1ccccc1)C(=O)O. The van der Waals surface area contributed by atoms with Crippen molar-refractivity contribution in [2.75, 3.05) is 6.61 Å². The van der Waals surface area contributed by atoms with Crippen LogP contribution >= 0.6 is 0 Å². The Hall–Kier alpha value is -4.17. The van der Waals surface area contributed by atoms with Crippen LogP contribution in [0.1, 0.15) is 49.3 Å². The number of amides is 2. The minimum Gasteiger partial charge on any atom is -0.480 e. The Bertz CT molecular complexity index is 1250. The molecule has 1 aliphatic rings. The van der Waals surface area contributed by atoms with Crippen molar-refractivity contribution in [3.63, 3.8) is 0 Å². The van der Waals surface area contributed by atoms with Gasteiger partial charge in [0.25, 0.3) is 0 Å². The minimum absolute atomic E-state index is 0.0844. The fourth-order valence-corrected chi connectivity index (χ4v) is 4.87. The van der Waals surface area contributed by atoms with E-state index in [4.69, 9.17) is 9.47 Å². The second-order valence-corrected chi connectivity index (χ2v) is 9.64. The smallest absolute Gasteiger partial charge is 0.407 e. The van der Waals surface area contributed by atoms with Crippen molar-refractivity contribution in [3.8, 4) is 11.1 Å². The van der Waals surface area contributed by atoms with E-state index < -0.39 is 36.2 Å². The Balaban J connectivity index is 1.45. The molecule has 0 saturated carbocycles. The zero-order chi connectivity index (χ0) is 27.8. The Morgan fingerprint density at radius 2 is 1.46 bits per heavy atom. The van der Waals surface area contributed by atoms with E-state index in [1.807, 2.05) is 73.7 Å². The summed E-state index contributed by atoms with van der Waals surface area (Å²) in [5, 5.41) is 14.7. The molecular weight excluding hydrogens is 496 g/mol. The summed E-state index contributed by atoms with van der Waals surface area (Å²) in [6.07, 6.45) is -0.712. The van der Waals surface area contributed by atoms with Gasteiger partial charge in [0.2, 0.25) is 5.91 Å². The quantitative estimate of drug-likeness (QED) is 0.308. The minimum atomic E-state index is -1.16. The Labute approximate surface area is 228 Å². The molecule has 0 aromatic heterocycles. The van der Waals surface area contributed by atoms with E-state index >= 15 is 0 Å². The maximum Gasteiger partial charge on any atom is 0.407 e. The van der Waals surface area contributed by atoms with E-state index in [1.54, 1.807) is 6.92 Å². The van der Waals surface area contributed by atoms with Crippen LogP contribution in [0.2, 0.25) is 0 Å². The third-order valence-corrected chi connectivity index (χ3v) is 6.92. The first-order valence-electron chi connectivity index (χ1n) is 13.2. The van der Waals surface area contributed by atoms with Crippen molar-refractivity contribution >= 4 is 18.0 Å². The van der Waals surface area contributed by atoms with E-state index in [2.05, 4.69) is 22.8 Å².